The number of anilines is 1. The van der Waals surface area contributed by atoms with Gasteiger partial charge in [0.15, 0.2) is 11.5 Å². The molecule has 1 aromatic rings. The smallest absolute Gasteiger partial charge is 0.224 e. The van der Waals surface area contributed by atoms with Crippen molar-refractivity contribution in [1.82, 2.24) is 0 Å². The fraction of sp³-hybridized carbons (Fsp3) is 0.562. The van der Waals surface area contributed by atoms with Crippen LogP contribution in [0.1, 0.15) is 39.5 Å². The van der Waals surface area contributed by atoms with Crippen molar-refractivity contribution in [3.8, 4) is 11.5 Å². The Kier molecular flexibility index (Phi) is 8.28. The van der Waals surface area contributed by atoms with E-state index in [1.165, 1.54) is 0 Å². The second-order valence-electron chi connectivity index (χ2n) is 4.73. The first kappa shape index (κ1) is 17.3. The van der Waals surface area contributed by atoms with Crippen molar-refractivity contribution >= 4 is 11.6 Å². The first-order valence-corrected chi connectivity index (χ1v) is 7.51. The van der Waals surface area contributed by atoms with Crippen LogP contribution in [0.3, 0.4) is 0 Å². The summed E-state index contributed by atoms with van der Waals surface area (Å²) in [4.78, 5) is 11.7. The van der Waals surface area contributed by atoms with Crippen molar-refractivity contribution in [2.24, 2.45) is 0 Å². The van der Waals surface area contributed by atoms with E-state index < -0.39 is 0 Å². The second-order valence-corrected chi connectivity index (χ2v) is 4.73. The summed E-state index contributed by atoms with van der Waals surface area (Å²) in [6, 6.07) is 5.38. The molecule has 0 aliphatic rings. The van der Waals surface area contributed by atoms with Crippen molar-refractivity contribution in [3.05, 3.63) is 18.2 Å². The van der Waals surface area contributed by atoms with Crippen LogP contribution in [0.5, 0.6) is 11.5 Å². The third kappa shape index (κ3) is 6.49. The Bertz CT molecular complexity index is 434. The van der Waals surface area contributed by atoms with Crippen LogP contribution < -0.4 is 14.8 Å². The van der Waals surface area contributed by atoms with Gasteiger partial charge in [-0.05, 0) is 31.4 Å². The van der Waals surface area contributed by atoms with E-state index in [1.54, 1.807) is 12.1 Å². The van der Waals surface area contributed by atoms with Crippen LogP contribution in [0.2, 0.25) is 0 Å². The molecule has 1 rings (SSSR count). The number of rotatable bonds is 10. The third-order valence-electron chi connectivity index (χ3n) is 2.71. The molecular formula is C16H25NO4. The van der Waals surface area contributed by atoms with Crippen LogP contribution in [0, 0.1) is 0 Å². The first-order valence-electron chi connectivity index (χ1n) is 7.51. The molecule has 0 spiro atoms. The number of hydrogen-bond donors (Lipinski definition) is 2. The number of carbonyl (C=O) groups excluding carboxylic acids is 1. The lowest BCUT2D eigenvalue weighted by atomic mass is 10.2. The highest BCUT2D eigenvalue weighted by Crippen LogP contribution is 2.31. The van der Waals surface area contributed by atoms with E-state index >= 15 is 0 Å². The Balaban J connectivity index is 2.74. The van der Waals surface area contributed by atoms with Crippen LogP contribution in [-0.4, -0.2) is 30.8 Å². The average molecular weight is 295 g/mol. The number of aliphatic hydroxyl groups excluding tert-OH is 1. The summed E-state index contributed by atoms with van der Waals surface area (Å²) in [5, 5.41) is 11.5. The molecule has 5 nitrogen and oxygen atoms in total. The molecule has 1 aromatic carbocycles. The number of nitrogens with one attached hydrogen (secondary N) is 1. The van der Waals surface area contributed by atoms with E-state index in [0.29, 0.717) is 43.2 Å². The molecule has 0 atom stereocenters. The highest BCUT2D eigenvalue weighted by molar-refractivity contribution is 5.91. The molecule has 0 heterocycles. The summed E-state index contributed by atoms with van der Waals surface area (Å²) in [6.07, 6.45) is 2.59. The molecule has 0 unspecified atom stereocenters. The molecule has 118 valence electrons. The van der Waals surface area contributed by atoms with E-state index in [0.717, 1.165) is 12.8 Å². The van der Waals surface area contributed by atoms with Gasteiger partial charge in [0, 0.05) is 24.8 Å². The van der Waals surface area contributed by atoms with Crippen LogP contribution in [0.4, 0.5) is 5.69 Å². The molecule has 0 radical (unpaired) electrons. The number of amides is 1. The fourth-order valence-electron chi connectivity index (χ4n) is 1.71. The average Bonchev–Trinajstić information content (AvgIpc) is 2.49. The van der Waals surface area contributed by atoms with E-state index in [2.05, 4.69) is 5.32 Å². The molecule has 2 N–H and O–H groups in total. The van der Waals surface area contributed by atoms with Crippen LogP contribution in [0.15, 0.2) is 18.2 Å². The molecule has 1 amide bonds. The van der Waals surface area contributed by atoms with E-state index in [4.69, 9.17) is 14.6 Å². The van der Waals surface area contributed by atoms with E-state index in [9.17, 15) is 4.79 Å². The normalized spacial score (nSPS) is 10.2. The van der Waals surface area contributed by atoms with Gasteiger partial charge in [-0.3, -0.25) is 4.79 Å². The van der Waals surface area contributed by atoms with Gasteiger partial charge in [-0.2, -0.15) is 0 Å². The SMILES string of the molecule is CCCOc1ccc(NC(=O)CCCO)cc1OCCC. The molecule has 0 saturated carbocycles. The molecule has 0 saturated heterocycles. The van der Waals surface area contributed by atoms with Gasteiger partial charge < -0.3 is 19.9 Å². The summed E-state index contributed by atoms with van der Waals surface area (Å²) in [7, 11) is 0. The van der Waals surface area contributed by atoms with Gasteiger partial charge in [0.05, 0.1) is 13.2 Å². The van der Waals surface area contributed by atoms with Crippen LogP contribution >= 0.6 is 0 Å². The Hall–Kier alpha value is -1.75. The summed E-state index contributed by atoms with van der Waals surface area (Å²) in [5.74, 6) is 1.22. The number of carbonyl (C=O) groups is 1. The minimum absolute atomic E-state index is 0.0159. The number of ether oxygens (including phenoxy) is 2. The Morgan fingerprint density at radius 3 is 2.43 bits per heavy atom. The van der Waals surface area contributed by atoms with Gasteiger partial charge in [-0.15, -0.1) is 0 Å². The summed E-state index contributed by atoms with van der Waals surface area (Å²) in [6.45, 7) is 5.33. The fourth-order valence-corrected chi connectivity index (χ4v) is 1.71. The molecule has 0 bridgehead atoms. The zero-order valence-electron chi connectivity index (χ0n) is 12.9. The highest BCUT2D eigenvalue weighted by Gasteiger charge is 2.09. The third-order valence-corrected chi connectivity index (χ3v) is 2.71. The Morgan fingerprint density at radius 1 is 1.14 bits per heavy atom. The monoisotopic (exact) mass is 295 g/mol. The quantitative estimate of drug-likeness (QED) is 0.696. The lowest BCUT2D eigenvalue weighted by molar-refractivity contribution is -0.116. The maximum Gasteiger partial charge on any atom is 0.224 e. The summed E-state index contributed by atoms with van der Waals surface area (Å²) >= 11 is 0. The molecule has 0 aliphatic carbocycles. The van der Waals surface area contributed by atoms with Gasteiger partial charge in [-0.1, -0.05) is 13.8 Å². The first-order chi connectivity index (χ1) is 10.2. The van der Waals surface area contributed by atoms with Crippen LogP contribution in [0.25, 0.3) is 0 Å². The minimum atomic E-state index is -0.118. The van der Waals surface area contributed by atoms with E-state index in [1.807, 2.05) is 19.9 Å². The van der Waals surface area contributed by atoms with Crippen molar-refractivity contribution in [2.75, 3.05) is 25.1 Å². The second kappa shape index (κ2) is 10.0. The van der Waals surface area contributed by atoms with Crippen molar-refractivity contribution < 1.29 is 19.4 Å². The maximum absolute atomic E-state index is 11.7. The van der Waals surface area contributed by atoms with Gasteiger partial charge in [0.2, 0.25) is 5.91 Å². The molecule has 5 heteroatoms. The topological polar surface area (TPSA) is 67.8 Å². The zero-order valence-corrected chi connectivity index (χ0v) is 12.9. The predicted octanol–water partition coefficient (Wildman–Crippen LogP) is 2.98. The summed E-state index contributed by atoms with van der Waals surface area (Å²) in [5.41, 5.74) is 0.674. The lowest BCUT2D eigenvalue weighted by Crippen LogP contribution is -2.12. The van der Waals surface area contributed by atoms with Gasteiger partial charge in [0.1, 0.15) is 0 Å². The van der Waals surface area contributed by atoms with Crippen molar-refractivity contribution in [3.63, 3.8) is 0 Å². The summed E-state index contributed by atoms with van der Waals surface area (Å²) < 4.78 is 11.3. The molecule has 21 heavy (non-hydrogen) atoms. The number of hydrogen-bond acceptors (Lipinski definition) is 4. The molecule has 0 aliphatic heterocycles. The Morgan fingerprint density at radius 2 is 1.81 bits per heavy atom. The maximum atomic E-state index is 11.7. The molecule has 0 aromatic heterocycles. The lowest BCUT2D eigenvalue weighted by Gasteiger charge is -2.14. The van der Waals surface area contributed by atoms with Gasteiger partial charge in [-0.25, -0.2) is 0 Å². The Labute approximate surface area is 126 Å². The standard InChI is InChI=1S/C16H25NO4/c1-3-10-20-14-8-7-13(12-15(14)21-11-4-2)17-16(19)6-5-9-18/h7-8,12,18H,3-6,9-11H2,1-2H3,(H,17,19). The zero-order chi connectivity index (χ0) is 15.5. The van der Waals surface area contributed by atoms with Crippen molar-refractivity contribution in [1.29, 1.82) is 0 Å². The predicted molar refractivity (Wildman–Crippen MR) is 83.0 cm³/mol. The number of benzene rings is 1. The van der Waals surface area contributed by atoms with Gasteiger partial charge in [0.25, 0.3) is 0 Å². The minimum Gasteiger partial charge on any atom is -0.490 e. The highest BCUT2D eigenvalue weighted by atomic mass is 16.5. The largest absolute Gasteiger partial charge is 0.490 e. The van der Waals surface area contributed by atoms with Crippen LogP contribution in [-0.2, 0) is 4.79 Å². The molecule has 0 fully saturated rings. The molecular weight excluding hydrogens is 270 g/mol. The number of aliphatic hydroxyl groups is 1. The van der Waals surface area contributed by atoms with Crippen molar-refractivity contribution in [2.45, 2.75) is 39.5 Å². The van der Waals surface area contributed by atoms with Gasteiger partial charge >= 0.3 is 0 Å². The van der Waals surface area contributed by atoms with E-state index in [-0.39, 0.29) is 12.5 Å².